The Kier molecular flexibility index (Phi) is 10.6. The highest BCUT2D eigenvalue weighted by molar-refractivity contribution is 7.80. The summed E-state index contributed by atoms with van der Waals surface area (Å²) in [7, 11) is 1.57. The van der Waals surface area contributed by atoms with E-state index in [-0.39, 0.29) is 11.7 Å². The molecule has 8 nitrogen and oxygen atoms in total. The van der Waals surface area contributed by atoms with E-state index in [2.05, 4.69) is 23.3 Å². The minimum absolute atomic E-state index is 0.0407. The molecule has 0 spiro atoms. The van der Waals surface area contributed by atoms with Crippen molar-refractivity contribution in [3.05, 3.63) is 59.7 Å². The number of rotatable bonds is 10. The van der Waals surface area contributed by atoms with Crippen LogP contribution in [0.5, 0.6) is 5.75 Å². The average molecular weight is 516 g/mol. The van der Waals surface area contributed by atoms with Crippen molar-refractivity contribution >= 4 is 36.2 Å². The number of carbonyl (C=O) groups excluding carboxylic acids is 3. The van der Waals surface area contributed by atoms with Crippen LogP contribution >= 0.6 is 12.6 Å². The van der Waals surface area contributed by atoms with Gasteiger partial charge in [0.25, 0.3) is 5.91 Å². The van der Waals surface area contributed by atoms with Crippen molar-refractivity contribution in [1.82, 2.24) is 10.2 Å². The maximum atomic E-state index is 13.7. The Morgan fingerprint density at radius 2 is 1.64 bits per heavy atom. The molecule has 0 aliphatic carbocycles. The Labute approximate surface area is 219 Å². The molecular formula is C27H37N3O5S. The van der Waals surface area contributed by atoms with Crippen molar-refractivity contribution in [2.75, 3.05) is 24.7 Å². The first kappa shape index (κ1) is 29.0. The van der Waals surface area contributed by atoms with Crippen molar-refractivity contribution in [2.45, 2.75) is 58.7 Å². The summed E-state index contributed by atoms with van der Waals surface area (Å²) >= 11 is 4.29. The molecule has 196 valence electrons. The predicted molar refractivity (Wildman–Crippen MR) is 145 cm³/mol. The normalized spacial score (nSPS) is 12.8. The summed E-state index contributed by atoms with van der Waals surface area (Å²) in [6.07, 6.45) is -0.115. The minimum Gasteiger partial charge on any atom is -0.497 e. The van der Waals surface area contributed by atoms with E-state index in [0.717, 1.165) is 5.56 Å². The van der Waals surface area contributed by atoms with Gasteiger partial charge in [-0.2, -0.15) is 12.6 Å². The van der Waals surface area contributed by atoms with Crippen LogP contribution < -0.4 is 15.4 Å². The lowest BCUT2D eigenvalue weighted by atomic mass is 10.0. The van der Waals surface area contributed by atoms with Gasteiger partial charge in [0.05, 0.1) is 7.11 Å². The molecule has 0 heterocycles. The summed E-state index contributed by atoms with van der Waals surface area (Å²) in [5.41, 5.74) is 1.53. The largest absolute Gasteiger partial charge is 0.497 e. The van der Waals surface area contributed by atoms with E-state index in [1.165, 1.54) is 4.90 Å². The van der Waals surface area contributed by atoms with E-state index in [0.29, 0.717) is 30.0 Å². The molecule has 0 aliphatic rings. The number of methoxy groups -OCH3 is 1. The van der Waals surface area contributed by atoms with Crippen molar-refractivity contribution in [2.24, 2.45) is 0 Å². The standard InChI is InChI=1S/C27H37N3O5S/c1-7-16-30(25(32)22(17-36)29-26(33)35-27(3,4)5)23(19-10-8-18(2)9-11-19)24(31)28-20-12-14-21(34-6)15-13-20/h8-15,22-23,36H,7,16-17H2,1-6H3,(H,28,31)(H,29,33). The van der Waals surface area contributed by atoms with E-state index in [1.54, 1.807) is 52.1 Å². The Morgan fingerprint density at radius 1 is 1.03 bits per heavy atom. The average Bonchev–Trinajstić information content (AvgIpc) is 2.82. The number of hydrogen-bond acceptors (Lipinski definition) is 6. The van der Waals surface area contributed by atoms with Crippen LogP contribution in [0.4, 0.5) is 10.5 Å². The second-order valence-electron chi connectivity index (χ2n) is 9.44. The van der Waals surface area contributed by atoms with Gasteiger partial charge in [-0.3, -0.25) is 9.59 Å². The third-order valence-corrected chi connectivity index (χ3v) is 5.60. The van der Waals surface area contributed by atoms with Gasteiger partial charge in [-0.15, -0.1) is 0 Å². The molecule has 2 unspecified atom stereocenters. The quantitative estimate of drug-likeness (QED) is 0.397. The molecule has 0 fully saturated rings. The van der Waals surface area contributed by atoms with Gasteiger partial charge in [-0.05, 0) is 63.9 Å². The number of amides is 3. The zero-order valence-corrected chi connectivity index (χ0v) is 22.7. The number of alkyl carbamates (subject to hydrolysis) is 1. The maximum Gasteiger partial charge on any atom is 0.408 e. The first-order valence-corrected chi connectivity index (χ1v) is 12.5. The van der Waals surface area contributed by atoms with E-state index in [1.807, 2.05) is 38.1 Å². The third kappa shape index (κ3) is 8.48. The lowest BCUT2D eigenvalue weighted by Crippen LogP contribution is -2.53. The Morgan fingerprint density at radius 3 is 2.14 bits per heavy atom. The van der Waals surface area contributed by atoms with Crippen molar-refractivity contribution in [3.8, 4) is 5.75 Å². The molecule has 0 aromatic heterocycles. The molecule has 0 bridgehead atoms. The smallest absolute Gasteiger partial charge is 0.408 e. The van der Waals surface area contributed by atoms with E-state index in [4.69, 9.17) is 9.47 Å². The molecule has 0 saturated heterocycles. The number of ether oxygens (including phenoxy) is 2. The topological polar surface area (TPSA) is 97.0 Å². The van der Waals surface area contributed by atoms with E-state index >= 15 is 0 Å². The van der Waals surface area contributed by atoms with Gasteiger partial charge in [0.2, 0.25) is 5.91 Å². The minimum atomic E-state index is -0.975. The fourth-order valence-corrected chi connectivity index (χ4v) is 3.80. The van der Waals surface area contributed by atoms with Crippen LogP contribution in [0.3, 0.4) is 0 Å². The first-order valence-electron chi connectivity index (χ1n) is 11.9. The number of carbonyl (C=O) groups is 3. The highest BCUT2D eigenvalue weighted by Crippen LogP contribution is 2.26. The van der Waals surface area contributed by atoms with Gasteiger partial charge < -0.3 is 25.0 Å². The second kappa shape index (κ2) is 13.2. The Bertz CT molecular complexity index is 1020. The monoisotopic (exact) mass is 515 g/mol. The SMILES string of the molecule is CCCN(C(=O)C(CS)NC(=O)OC(C)(C)C)C(C(=O)Nc1ccc(OC)cc1)c1ccc(C)cc1. The van der Waals surface area contributed by atoms with Crippen molar-refractivity contribution < 1.29 is 23.9 Å². The fourth-order valence-electron chi connectivity index (χ4n) is 3.55. The van der Waals surface area contributed by atoms with Crippen LogP contribution in [-0.4, -0.2) is 53.9 Å². The highest BCUT2D eigenvalue weighted by Gasteiger charge is 2.35. The molecule has 2 aromatic carbocycles. The molecule has 3 amide bonds. The maximum absolute atomic E-state index is 13.7. The zero-order chi connectivity index (χ0) is 26.9. The molecule has 9 heteroatoms. The summed E-state index contributed by atoms with van der Waals surface area (Å²) in [5.74, 6) is -0.0937. The molecule has 0 saturated carbocycles. The summed E-state index contributed by atoms with van der Waals surface area (Å²) in [4.78, 5) is 41.2. The van der Waals surface area contributed by atoms with E-state index < -0.39 is 29.7 Å². The summed E-state index contributed by atoms with van der Waals surface area (Å²) in [5, 5.41) is 5.51. The molecule has 2 atom stereocenters. The Hall–Kier alpha value is -3.20. The van der Waals surface area contributed by atoms with Crippen LogP contribution in [0.2, 0.25) is 0 Å². The van der Waals surface area contributed by atoms with Gasteiger partial charge in [0.15, 0.2) is 0 Å². The van der Waals surface area contributed by atoms with Crippen molar-refractivity contribution in [1.29, 1.82) is 0 Å². The van der Waals surface area contributed by atoms with Crippen LogP contribution in [0.25, 0.3) is 0 Å². The van der Waals surface area contributed by atoms with Crippen molar-refractivity contribution in [3.63, 3.8) is 0 Å². The van der Waals surface area contributed by atoms with Gasteiger partial charge in [0, 0.05) is 18.0 Å². The lowest BCUT2D eigenvalue weighted by molar-refractivity contribution is -0.140. The number of nitrogens with zero attached hydrogens (tertiary/aromatic N) is 1. The molecule has 2 aromatic rings. The predicted octanol–water partition coefficient (Wildman–Crippen LogP) is 4.75. The van der Waals surface area contributed by atoms with Crippen LogP contribution in [0.1, 0.15) is 51.3 Å². The van der Waals surface area contributed by atoms with Gasteiger partial charge >= 0.3 is 6.09 Å². The molecule has 0 radical (unpaired) electrons. The molecule has 2 N–H and O–H groups in total. The fraction of sp³-hybridized carbons (Fsp3) is 0.444. The van der Waals surface area contributed by atoms with E-state index in [9.17, 15) is 14.4 Å². The molecule has 2 rings (SSSR count). The van der Waals surface area contributed by atoms with Crippen LogP contribution in [-0.2, 0) is 14.3 Å². The van der Waals surface area contributed by atoms with Crippen LogP contribution in [0, 0.1) is 6.92 Å². The van der Waals surface area contributed by atoms with Gasteiger partial charge in [0.1, 0.15) is 23.4 Å². The number of hydrogen-bond donors (Lipinski definition) is 3. The summed E-state index contributed by atoms with van der Waals surface area (Å²) in [6, 6.07) is 12.5. The molecule has 0 aliphatic heterocycles. The molecular weight excluding hydrogens is 478 g/mol. The third-order valence-electron chi connectivity index (χ3n) is 5.23. The van der Waals surface area contributed by atoms with Crippen LogP contribution in [0.15, 0.2) is 48.5 Å². The number of benzene rings is 2. The second-order valence-corrected chi connectivity index (χ2v) is 9.81. The first-order chi connectivity index (χ1) is 17.0. The number of anilines is 1. The number of thiol groups is 1. The highest BCUT2D eigenvalue weighted by atomic mass is 32.1. The van der Waals surface area contributed by atoms with Gasteiger partial charge in [-0.25, -0.2) is 4.79 Å². The van der Waals surface area contributed by atoms with Gasteiger partial charge in [-0.1, -0.05) is 36.8 Å². The number of nitrogens with one attached hydrogen (secondary N) is 2. The molecule has 36 heavy (non-hydrogen) atoms. The Balaban J connectivity index is 2.40. The summed E-state index contributed by atoms with van der Waals surface area (Å²) in [6.45, 7) is 9.39. The zero-order valence-electron chi connectivity index (χ0n) is 21.8. The summed E-state index contributed by atoms with van der Waals surface area (Å²) < 4.78 is 10.5. The lowest BCUT2D eigenvalue weighted by Gasteiger charge is -2.34. The number of aryl methyl sites for hydroxylation is 1.